The van der Waals surface area contributed by atoms with Crippen LogP contribution in [0.2, 0.25) is 0 Å². The van der Waals surface area contributed by atoms with Crippen LogP contribution in [0.25, 0.3) is 0 Å². The van der Waals surface area contributed by atoms with Crippen molar-refractivity contribution in [3.05, 3.63) is 24.3 Å². The monoisotopic (exact) mass is 154 g/mol. The molecule has 0 aliphatic heterocycles. The van der Waals surface area contributed by atoms with Crippen LogP contribution >= 0.6 is 0 Å². The third kappa shape index (κ3) is 12.6. The minimum Gasteiger partial charge on any atom is -0.0961 e. The second-order valence-corrected chi connectivity index (χ2v) is 3.22. The van der Waals surface area contributed by atoms with Gasteiger partial charge in [-0.05, 0) is 25.7 Å². The van der Waals surface area contributed by atoms with Gasteiger partial charge in [-0.3, -0.25) is 0 Å². The Labute approximate surface area is 72.0 Å². The molecule has 0 aromatic carbocycles. The highest BCUT2D eigenvalue weighted by Crippen LogP contribution is 2.04. The van der Waals surface area contributed by atoms with E-state index in [-0.39, 0.29) is 7.43 Å². The molecule has 0 atom stereocenters. The second kappa shape index (κ2) is 7.59. The van der Waals surface area contributed by atoms with Gasteiger partial charge in [0.2, 0.25) is 0 Å². The summed E-state index contributed by atoms with van der Waals surface area (Å²) in [5, 5.41) is 0. The second-order valence-electron chi connectivity index (χ2n) is 3.22. The smallest absolute Gasteiger partial charge is 0.0345 e. The van der Waals surface area contributed by atoms with Gasteiger partial charge in [-0.2, -0.15) is 0 Å². The zero-order valence-electron chi connectivity index (χ0n) is 7.35. The lowest BCUT2D eigenvalue weighted by Crippen LogP contribution is -1.83. The Bertz CT molecular complexity index is 118. The summed E-state index contributed by atoms with van der Waals surface area (Å²) < 4.78 is 0. The molecule has 0 radical (unpaired) electrons. The van der Waals surface area contributed by atoms with Gasteiger partial charge in [0.15, 0.2) is 0 Å². The van der Waals surface area contributed by atoms with E-state index in [0.717, 1.165) is 11.5 Å². The van der Waals surface area contributed by atoms with Gasteiger partial charge in [0.05, 0.1) is 0 Å². The van der Waals surface area contributed by atoms with E-state index < -0.39 is 0 Å². The van der Waals surface area contributed by atoms with Crippen molar-refractivity contribution in [2.45, 2.75) is 41.0 Å². The minimum absolute atomic E-state index is 0. The van der Waals surface area contributed by atoms with E-state index in [2.05, 4.69) is 32.6 Å². The zero-order chi connectivity index (χ0) is 7.98. The topological polar surface area (TPSA) is 0 Å². The Balaban J connectivity index is 0. The molecule has 0 saturated carbocycles. The Morgan fingerprint density at radius 1 is 1.45 bits per heavy atom. The molecule has 0 aromatic heterocycles. The van der Waals surface area contributed by atoms with Crippen molar-refractivity contribution < 1.29 is 0 Å². The third-order valence-corrected chi connectivity index (χ3v) is 1.31. The first-order valence-corrected chi connectivity index (χ1v) is 3.95. The van der Waals surface area contributed by atoms with Gasteiger partial charge in [0, 0.05) is 0 Å². The fourth-order valence-electron chi connectivity index (χ4n) is 0.714. The molecule has 0 N–H and O–H groups in total. The van der Waals surface area contributed by atoms with Crippen molar-refractivity contribution in [1.29, 1.82) is 0 Å². The van der Waals surface area contributed by atoms with Gasteiger partial charge in [0.1, 0.15) is 0 Å². The molecular formula is C11H22. The lowest BCUT2D eigenvalue weighted by Gasteiger charge is -1.98. The third-order valence-electron chi connectivity index (χ3n) is 1.31. The Morgan fingerprint density at radius 2 is 2.00 bits per heavy atom. The molecule has 0 spiro atoms. The lowest BCUT2D eigenvalue weighted by atomic mass is 10.1. The van der Waals surface area contributed by atoms with Gasteiger partial charge < -0.3 is 0 Å². The van der Waals surface area contributed by atoms with Gasteiger partial charge in [-0.15, -0.1) is 0 Å². The molecule has 66 valence electrons. The summed E-state index contributed by atoms with van der Waals surface area (Å²) in [7, 11) is 0. The van der Waals surface area contributed by atoms with Crippen LogP contribution in [-0.4, -0.2) is 0 Å². The van der Waals surface area contributed by atoms with Crippen LogP contribution in [0.5, 0.6) is 0 Å². The summed E-state index contributed by atoms with van der Waals surface area (Å²) in [5.74, 6) is 0.815. The highest BCUT2D eigenvalue weighted by molar-refractivity contribution is 5.10. The van der Waals surface area contributed by atoms with E-state index in [1.807, 2.05) is 6.92 Å². The van der Waals surface area contributed by atoms with Crippen molar-refractivity contribution in [3.8, 4) is 0 Å². The molecule has 0 fully saturated rings. The van der Waals surface area contributed by atoms with Crippen LogP contribution in [0.15, 0.2) is 24.3 Å². The predicted molar refractivity (Wildman–Crippen MR) is 54.8 cm³/mol. The Kier molecular flexibility index (Phi) is 9.03. The number of allylic oxidation sites excluding steroid dienone is 3. The average Bonchev–Trinajstić information content (AvgIpc) is 1.79. The average molecular weight is 154 g/mol. The first-order valence-electron chi connectivity index (χ1n) is 3.95. The number of hydrogen-bond donors (Lipinski definition) is 0. The van der Waals surface area contributed by atoms with Crippen molar-refractivity contribution in [1.82, 2.24) is 0 Å². The van der Waals surface area contributed by atoms with Gasteiger partial charge in [-0.1, -0.05) is 45.6 Å². The summed E-state index contributed by atoms with van der Waals surface area (Å²) >= 11 is 0. The SMILES string of the molecule is C.C=C(C)C=CCCC(C)C. The van der Waals surface area contributed by atoms with Crippen molar-refractivity contribution >= 4 is 0 Å². The molecule has 0 saturated heterocycles. The van der Waals surface area contributed by atoms with E-state index in [1.54, 1.807) is 0 Å². The van der Waals surface area contributed by atoms with Crippen LogP contribution in [0.4, 0.5) is 0 Å². The maximum Gasteiger partial charge on any atom is -0.0345 e. The fraction of sp³-hybridized carbons (Fsp3) is 0.636. The largest absolute Gasteiger partial charge is 0.0961 e. The van der Waals surface area contributed by atoms with Gasteiger partial charge >= 0.3 is 0 Å². The molecule has 0 aliphatic carbocycles. The van der Waals surface area contributed by atoms with E-state index in [9.17, 15) is 0 Å². The number of rotatable bonds is 4. The summed E-state index contributed by atoms with van der Waals surface area (Å²) in [6.07, 6.45) is 6.75. The van der Waals surface area contributed by atoms with E-state index >= 15 is 0 Å². The Hall–Kier alpha value is -0.520. The highest BCUT2D eigenvalue weighted by Gasteiger charge is 1.88. The first-order chi connectivity index (χ1) is 4.63. The zero-order valence-corrected chi connectivity index (χ0v) is 7.35. The van der Waals surface area contributed by atoms with Gasteiger partial charge in [-0.25, -0.2) is 0 Å². The molecule has 0 amide bonds. The molecule has 0 bridgehead atoms. The summed E-state index contributed by atoms with van der Waals surface area (Å²) in [5.41, 5.74) is 1.14. The summed E-state index contributed by atoms with van der Waals surface area (Å²) in [4.78, 5) is 0. The summed E-state index contributed by atoms with van der Waals surface area (Å²) in [6, 6.07) is 0. The quantitative estimate of drug-likeness (QED) is 0.533. The van der Waals surface area contributed by atoms with Crippen LogP contribution in [0.3, 0.4) is 0 Å². The van der Waals surface area contributed by atoms with Crippen LogP contribution in [0.1, 0.15) is 41.0 Å². The lowest BCUT2D eigenvalue weighted by molar-refractivity contribution is 0.594. The van der Waals surface area contributed by atoms with E-state index in [1.165, 1.54) is 12.8 Å². The summed E-state index contributed by atoms with van der Waals surface area (Å²) in [6.45, 7) is 10.3. The minimum atomic E-state index is 0. The highest BCUT2D eigenvalue weighted by atomic mass is 13.9. The molecule has 0 rings (SSSR count). The molecule has 11 heavy (non-hydrogen) atoms. The predicted octanol–water partition coefficient (Wildman–Crippen LogP) is 4.19. The molecular weight excluding hydrogens is 132 g/mol. The van der Waals surface area contributed by atoms with E-state index in [0.29, 0.717) is 0 Å². The molecule has 0 aromatic rings. The van der Waals surface area contributed by atoms with E-state index in [4.69, 9.17) is 0 Å². The molecule has 0 unspecified atom stereocenters. The molecule has 0 heterocycles. The van der Waals surface area contributed by atoms with Crippen molar-refractivity contribution in [2.75, 3.05) is 0 Å². The molecule has 0 heteroatoms. The fourth-order valence-corrected chi connectivity index (χ4v) is 0.714. The van der Waals surface area contributed by atoms with Crippen molar-refractivity contribution in [3.63, 3.8) is 0 Å². The van der Waals surface area contributed by atoms with Crippen molar-refractivity contribution in [2.24, 2.45) is 5.92 Å². The van der Waals surface area contributed by atoms with Crippen LogP contribution in [-0.2, 0) is 0 Å². The number of hydrogen-bond acceptors (Lipinski definition) is 0. The van der Waals surface area contributed by atoms with Gasteiger partial charge in [0.25, 0.3) is 0 Å². The maximum absolute atomic E-state index is 3.78. The standard InChI is InChI=1S/C10H18.CH4/c1-9(2)7-5-6-8-10(3)4;/h5,7,10H,1,6,8H2,2-4H3;1H4. The normalized spacial score (nSPS) is 10.2. The molecule has 0 nitrogen and oxygen atoms in total. The van der Waals surface area contributed by atoms with Crippen LogP contribution in [0, 0.1) is 5.92 Å². The van der Waals surface area contributed by atoms with Crippen LogP contribution < -0.4 is 0 Å². The maximum atomic E-state index is 3.78. The molecule has 0 aliphatic rings. The first kappa shape index (κ1) is 13.1. The Morgan fingerprint density at radius 3 is 2.36 bits per heavy atom.